The van der Waals surface area contributed by atoms with Gasteiger partial charge in [0.1, 0.15) is 4.90 Å². The van der Waals surface area contributed by atoms with Crippen LogP contribution in [0.4, 0.5) is 17.3 Å². The van der Waals surface area contributed by atoms with E-state index in [1.165, 1.54) is 6.07 Å². The monoisotopic (exact) mass is 388 g/mol. The maximum atomic E-state index is 12.5. The molecule has 3 N–H and O–H groups in total. The predicted octanol–water partition coefficient (Wildman–Crippen LogP) is 2.09. The van der Waals surface area contributed by atoms with E-state index < -0.39 is 10.0 Å². The second-order valence-corrected chi connectivity index (χ2v) is 7.48. The van der Waals surface area contributed by atoms with Crippen molar-refractivity contribution >= 4 is 27.3 Å². The number of rotatable bonds is 5. The van der Waals surface area contributed by atoms with Gasteiger partial charge in [-0.05, 0) is 38.1 Å². The summed E-state index contributed by atoms with van der Waals surface area (Å²) in [4.78, 5) is 0.104. The van der Waals surface area contributed by atoms with E-state index in [0.717, 1.165) is 5.69 Å². The average Bonchev–Trinajstić information content (AvgIpc) is 3.22. The molecule has 0 bridgehead atoms. The standard InChI is InChI=1S/C16H16N6O4S/c1-9-16(10(2)19-18-9)27(23,24)22-15-6-5-14(20-21-15)17-11-3-4-12-13(7-11)26-8-25-12/h3-7H,8H2,1-2H3,(H,17,20)(H,18,19)(H,21,22). The van der Waals surface area contributed by atoms with Crippen molar-refractivity contribution in [2.24, 2.45) is 0 Å². The zero-order chi connectivity index (χ0) is 19.0. The van der Waals surface area contributed by atoms with Crippen molar-refractivity contribution in [3.8, 4) is 11.5 Å². The lowest BCUT2D eigenvalue weighted by atomic mass is 10.3. The first-order chi connectivity index (χ1) is 12.9. The van der Waals surface area contributed by atoms with E-state index in [1.807, 2.05) is 6.07 Å². The molecule has 2 aromatic heterocycles. The molecule has 0 saturated heterocycles. The van der Waals surface area contributed by atoms with E-state index in [4.69, 9.17) is 9.47 Å². The van der Waals surface area contributed by atoms with Crippen LogP contribution in [-0.2, 0) is 10.0 Å². The highest BCUT2D eigenvalue weighted by molar-refractivity contribution is 7.92. The summed E-state index contributed by atoms with van der Waals surface area (Å²) in [5.74, 6) is 1.88. The predicted molar refractivity (Wildman–Crippen MR) is 96.7 cm³/mol. The molecule has 0 spiro atoms. The summed E-state index contributed by atoms with van der Waals surface area (Å²) in [6, 6.07) is 8.52. The normalized spacial score (nSPS) is 12.8. The number of hydrogen-bond donors (Lipinski definition) is 3. The van der Waals surface area contributed by atoms with E-state index in [9.17, 15) is 8.42 Å². The molecule has 0 saturated carbocycles. The minimum absolute atomic E-state index is 0.103. The Labute approximate surface area is 155 Å². The molecule has 0 fully saturated rings. The number of hydrogen-bond acceptors (Lipinski definition) is 8. The smallest absolute Gasteiger partial charge is 0.266 e. The average molecular weight is 388 g/mol. The number of aromatic amines is 1. The van der Waals surface area contributed by atoms with Crippen LogP contribution in [0.25, 0.3) is 0 Å². The SMILES string of the molecule is Cc1n[nH]c(C)c1S(=O)(=O)Nc1ccc(Nc2ccc3c(c2)OCO3)nn1. The quantitative estimate of drug-likeness (QED) is 0.605. The molecule has 3 heterocycles. The Bertz CT molecular complexity index is 1080. The summed E-state index contributed by atoms with van der Waals surface area (Å²) in [6.07, 6.45) is 0. The largest absolute Gasteiger partial charge is 0.454 e. The van der Waals surface area contributed by atoms with Crippen molar-refractivity contribution in [3.05, 3.63) is 41.7 Å². The summed E-state index contributed by atoms with van der Waals surface area (Å²) < 4.78 is 38.0. The third-order valence-corrected chi connectivity index (χ3v) is 5.49. The number of aromatic nitrogens is 4. The second kappa shape index (κ2) is 6.43. The third-order valence-electron chi connectivity index (χ3n) is 3.88. The van der Waals surface area contributed by atoms with Gasteiger partial charge >= 0.3 is 0 Å². The Balaban J connectivity index is 1.49. The third kappa shape index (κ3) is 3.36. The molecule has 0 aliphatic carbocycles. The molecule has 1 aliphatic rings. The van der Waals surface area contributed by atoms with Gasteiger partial charge in [0.05, 0.1) is 11.4 Å². The van der Waals surface area contributed by atoms with Crippen molar-refractivity contribution in [1.82, 2.24) is 20.4 Å². The fraction of sp³-hybridized carbons (Fsp3) is 0.188. The number of ether oxygens (including phenoxy) is 2. The van der Waals surface area contributed by atoms with Crippen molar-refractivity contribution in [2.75, 3.05) is 16.8 Å². The fourth-order valence-electron chi connectivity index (χ4n) is 2.70. The molecular formula is C16H16N6O4S. The van der Waals surface area contributed by atoms with Gasteiger partial charge in [-0.2, -0.15) is 5.10 Å². The number of sulfonamides is 1. The molecule has 3 aromatic rings. The van der Waals surface area contributed by atoms with Crippen LogP contribution in [0.5, 0.6) is 11.5 Å². The van der Waals surface area contributed by atoms with Crippen LogP contribution in [0.2, 0.25) is 0 Å². The van der Waals surface area contributed by atoms with Gasteiger partial charge in [0.15, 0.2) is 23.1 Å². The highest BCUT2D eigenvalue weighted by Gasteiger charge is 2.23. The van der Waals surface area contributed by atoms with E-state index in [0.29, 0.717) is 28.7 Å². The zero-order valence-electron chi connectivity index (χ0n) is 14.5. The molecule has 0 radical (unpaired) electrons. The number of benzene rings is 1. The van der Waals surface area contributed by atoms with Crippen LogP contribution in [0, 0.1) is 13.8 Å². The van der Waals surface area contributed by atoms with E-state index in [1.54, 1.807) is 32.0 Å². The summed E-state index contributed by atoms with van der Waals surface area (Å²) in [5, 5.41) is 17.5. The molecule has 0 atom stereocenters. The molecular weight excluding hydrogens is 372 g/mol. The number of nitrogens with one attached hydrogen (secondary N) is 3. The minimum Gasteiger partial charge on any atom is -0.454 e. The van der Waals surface area contributed by atoms with Gasteiger partial charge in [0.2, 0.25) is 6.79 Å². The van der Waals surface area contributed by atoms with Crippen LogP contribution in [0.1, 0.15) is 11.4 Å². The van der Waals surface area contributed by atoms with Gasteiger partial charge in [0, 0.05) is 11.8 Å². The van der Waals surface area contributed by atoms with Crippen LogP contribution >= 0.6 is 0 Å². The van der Waals surface area contributed by atoms with Crippen molar-refractivity contribution in [2.45, 2.75) is 18.7 Å². The Morgan fingerprint density at radius 2 is 1.78 bits per heavy atom. The van der Waals surface area contributed by atoms with Crippen LogP contribution in [0.15, 0.2) is 35.2 Å². The highest BCUT2D eigenvalue weighted by atomic mass is 32.2. The van der Waals surface area contributed by atoms with Crippen molar-refractivity contribution in [1.29, 1.82) is 0 Å². The molecule has 4 rings (SSSR count). The Hall–Kier alpha value is -3.34. The summed E-state index contributed by atoms with van der Waals surface area (Å²) in [5.41, 5.74) is 1.58. The molecule has 140 valence electrons. The number of anilines is 3. The van der Waals surface area contributed by atoms with E-state index >= 15 is 0 Å². The summed E-state index contributed by atoms with van der Waals surface area (Å²) in [6.45, 7) is 3.45. The lowest BCUT2D eigenvalue weighted by molar-refractivity contribution is 0.174. The molecule has 11 heteroatoms. The Morgan fingerprint density at radius 1 is 1.04 bits per heavy atom. The molecule has 1 aliphatic heterocycles. The van der Waals surface area contributed by atoms with Crippen LogP contribution < -0.4 is 19.5 Å². The lowest BCUT2D eigenvalue weighted by Gasteiger charge is -2.09. The van der Waals surface area contributed by atoms with E-state index in [2.05, 4.69) is 30.4 Å². The van der Waals surface area contributed by atoms with E-state index in [-0.39, 0.29) is 17.5 Å². The molecule has 0 amide bonds. The Kier molecular flexibility index (Phi) is 4.07. The first-order valence-corrected chi connectivity index (χ1v) is 9.45. The highest BCUT2D eigenvalue weighted by Crippen LogP contribution is 2.34. The number of H-pyrrole nitrogens is 1. The van der Waals surface area contributed by atoms with Crippen molar-refractivity contribution < 1.29 is 17.9 Å². The first kappa shape index (κ1) is 17.1. The number of fused-ring (bicyclic) bond motifs is 1. The molecule has 1 aromatic carbocycles. The topological polar surface area (TPSA) is 131 Å². The minimum atomic E-state index is -3.81. The Morgan fingerprint density at radius 3 is 2.48 bits per heavy atom. The summed E-state index contributed by atoms with van der Waals surface area (Å²) >= 11 is 0. The molecule has 27 heavy (non-hydrogen) atoms. The van der Waals surface area contributed by atoms with Gasteiger partial charge in [0.25, 0.3) is 10.0 Å². The molecule has 10 nitrogen and oxygen atoms in total. The maximum absolute atomic E-state index is 12.5. The number of nitrogens with zero attached hydrogens (tertiary/aromatic N) is 3. The van der Waals surface area contributed by atoms with Crippen LogP contribution in [0.3, 0.4) is 0 Å². The zero-order valence-corrected chi connectivity index (χ0v) is 15.3. The van der Waals surface area contributed by atoms with Gasteiger partial charge < -0.3 is 14.8 Å². The first-order valence-electron chi connectivity index (χ1n) is 7.97. The number of aryl methyl sites for hydroxylation is 2. The maximum Gasteiger partial charge on any atom is 0.266 e. The van der Waals surface area contributed by atoms with Crippen molar-refractivity contribution in [3.63, 3.8) is 0 Å². The van der Waals surface area contributed by atoms with Gasteiger partial charge in [-0.3, -0.25) is 9.82 Å². The van der Waals surface area contributed by atoms with Gasteiger partial charge in [-0.25, -0.2) is 8.42 Å². The van der Waals surface area contributed by atoms with Gasteiger partial charge in [-0.1, -0.05) is 0 Å². The van der Waals surface area contributed by atoms with Gasteiger partial charge in [-0.15, -0.1) is 10.2 Å². The molecule has 0 unspecified atom stereocenters. The fourth-order valence-corrected chi connectivity index (χ4v) is 4.07. The van der Waals surface area contributed by atoms with Crippen LogP contribution in [-0.4, -0.2) is 35.6 Å². The second-order valence-electron chi connectivity index (χ2n) is 5.87. The lowest BCUT2D eigenvalue weighted by Crippen LogP contribution is -2.16. The summed E-state index contributed by atoms with van der Waals surface area (Å²) in [7, 11) is -3.81.